The SMILES string of the molecule is CCOC(=O)c1cnn(-c2ccc(NC(=O)CCSc3nnnn3C)cc2)c1C(F)(F)F. The van der Waals surface area contributed by atoms with Gasteiger partial charge in [0.2, 0.25) is 11.1 Å². The van der Waals surface area contributed by atoms with Gasteiger partial charge in [-0.3, -0.25) is 4.79 Å². The van der Waals surface area contributed by atoms with E-state index in [1.807, 2.05) is 0 Å². The molecular weight excluding hydrogens is 451 g/mol. The molecule has 1 N–H and O–H groups in total. The number of nitrogens with one attached hydrogen (secondary N) is 1. The van der Waals surface area contributed by atoms with Gasteiger partial charge in [0.1, 0.15) is 5.56 Å². The number of tetrazole rings is 1. The molecule has 32 heavy (non-hydrogen) atoms. The number of alkyl halides is 3. The largest absolute Gasteiger partial charge is 0.462 e. The molecule has 2 heterocycles. The first-order valence-corrected chi connectivity index (χ1v) is 10.3. The Balaban J connectivity index is 1.68. The van der Waals surface area contributed by atoms with Crippen LogP contribution in [-0.4, -0.2) is 54.2 Å². The Hall–Kier alpha value is -3.42. The van der Waals surface area contributed by atoms with Crippen LogP contribution in [0.2, 0.25) is 0 Å². The van der Waals surface area contributed by atoms with Crippen LogP contribution in [0.25, 0.3) is 5.69 Å². The molecular formula is C18H18F3N7O3S. The monoisotopic (exact) mass is 469 g/mol. The lowest BCUT2D eigenvalue weighted by atomic mass is 10.2. The summed E-state index contributed by atoms with van der Waals surface area (Å²) in [7, 11) is 1.68. The zero-order valence-electron chi connectivity index (χ0n) is 17.0. The van der Waals surface area contributed by atoms with Crippen LogP contribution in [0.1, 0.15) is 29.4 Å². The normalized spacial score (nSPS) is 11.4. The fraction of sp³-hybridized carbons (Fsp3) is 0.333. The summed E-state index contributed by atoms with van der Waals surface area (Å²) in [5.41, 5.74) is -1.44. The standard InChI is InChI=1S/C18H18F3N7O3S/c1-3-31-16(30)13-10-22-28(15(13)18(19,20)21)12-6-4-11(5-7-12)23-14(29)8-9-32-17-24-25-26-27(17)2/h4-7,10H,3,8-9H2,1-2H3,(H,23,29). The number of aryl methyl sites for hydroxylation is 1. The maximum atomic E-state index is 13.6. The average molecular weight is 469 g/mol. The number of nitrogens with zero attached hydrogens (tertiary/aromatic N) is 6. The van der Waals surface area contributed by atoms with Crippen LogP contribution in [0.15, 0.2) is 35.6 Å². The number of aromatic nitrogens is 6. The lowest BCUT2D eigenvalue weighted by Gasteiger charge is -2.13. The Kier molecular flexibility index (Phi) is 7.12. The van der Waals surface area contributed by atoms with Gasteiger partial charge in [-0.05, 0) is 41.6 Å². The zero-order valence-corrected chi connectivity index (χ0v) is 17.8. The third-order valence-corrected chi connectivity index (χ3v) is 5.08. The second kappa shape index (κ2) is 9.80. The molecule has 10 nitrogen and oxygen atoms in total. The van der Waals surface area contributed by atoms with E-state index in [-0.39, 0.29) is 24.6 Å². The predicted molar refractivity (Wildman–Crippen MR) is 107 cm³/mol. The van der Waals surface area contributed by atoms with Gasteiger partial charge < -0.3 is 10.1 Å². The van der Waals surface area contributed by atoms with Crippen molar-refractivity contribution in [2.75, 3.05) is 17.7 Å². The molecule has 2 aromatic heterocycles. The molecule has 0 fully saturated rings. The summed E-state index contributed by atoms with van der Waals surface area (Å²) in [5.74, 6) is -0.943. The summed E-state index contributed by atoms with van der Waals surface area (Å²) in [6.07, 6.45) is -3.83. The summed E-state index contributed by atoms with van der Waals surface area (Å²) >= 11 is 1.31. The second-order valence-corrected chi connectivity index (χ2v) is 7.38. The van der Waals surface area contributed by atoms with Gasteiger partial charge in [-0.15, -0.1) is 5.10 Å². The molecule has 1 amide bonds. The van der Waals surface area contributed by atoms with Gasteiger partial charge in [0.25, 0.3) is 0 Å². The van der Waals surface area contributed by atoms with Crippen molar-refractivity contribution in [2.24, 2.45) is 7.05 Å². The summed E-state index contributed by atoms with van der Waals surface area (Å²) < 4.78 is 47.5. The first-order chi connectivity index (χ1) is 15.2. The van der Waals surface area contributed by atoms with E-state index >= 15 is 0 Å². The van der Waals surface area contributed by atoms with Crippen molar-refractivity contribution in [3.8, 4) is 5.69 Å². The Morgan fingerprint density at radius 2 is 1.94 bits per heavy atom. The Bertz CT molecular complexity index is 1100. The van der Waals surface area contributed by atoms with E-state index < -0.39 is 23.4 Å². The molecule has 0 spiro atoms. The van der Waals surface area contributed by atoms with Gasteiger partial charge in [0, 0.05) is 24.9 Å². The van der Waals surface area contributed by atoms with E-state index in [2.05, 4.69) is 30.7 Å². The smallest absolute Gasteiger partial charge is 0.434 e. The van der Waals surface area contributed by atoms with E-state index in [4.69, 9.17) is 0 Å². The minimum Gasteiger partial charge on any atom is -0.462 e. The van der Waals surface area contributed by atoms with Crippen LogP contribution in [-0.2, 0) is 22.8 Å². The zero-order chi connectivity index (χ0) is 23.3. The van der Waals surface area contributed by atoms with Crippen molar-refractivity contribution in [1.82, 2.24) is 30.0 Å². The number of carbonyl (C=O) groups excluding carboxylic acids is 2. The molecule has 3 rings (SSSR count). The quantitative estimate of drug-likeness (QED) is 0.395. The van der Waals surface area contributed by atoms with E-state index in [1.165, 1.54) is 47.6 Å². The number of amides is 1. The van der Waals surface area contributed by atoms with Crippen LogP contribution in [0.4, 0.5) is 18.9 Å². The fourth-order valence-corrected chi connectivity index (χ4v) is 3.45. The summed E-state index contributed by atoms with van der Waals surface area (Å²) in [4.78, 5) is 24.0. The van der Waals surface area contributed by atoms with Crippen molar-refractivity contribution in [1.29, 1.82) is 0 Å². The summed E-state index contributed by atoms with van der Waals surface area (Å²) in [6.45, 7) is 1.43. The van der Waals surface area contributed by atoms with Crippen LogP contribution in [0, 0.1) is 0 Å². The molecule has 0 saturated heterocycles. The predicted octanol–water partition coefficient (Wildman–Crippen LogP) is 2.71. The highest BCUT2D eigenvalue weighted by molar-refractivity contribution is 7.99. The number of esters is 1. The first-order valence-electron chi connectivity index (χ1n) is 9.28. The van der Waals surface area contributed by atoms with Crippen LogP contribution in [0.5, 0.6) is 0 Å². The molecule has 0 unspecified atom stereocenters. The molecule has 0 radical (unpaired) electrons. The number of ether oxygens (including phenoxy) is 1. The Morgan fingerprint density at radius 1 is 1.22 bits per heavy atom. The minimum atomic E-state index is -4.83. The van der Waals surface area contributed by atoms with Gasteiger partial charge in [0.05, 0.1) is 18.5 Å². The van der Waals surface area contributed by atoms with Crippen molar-refractivity contribution in [2.45, 2.75) is 24.7 Å². The lowest BCUT2D eigenvalue weighted by Crippen LogP contribution is -2.18. The van der Waals surface area contributed by atoms with E-state index in [0.29, 0.717) is 21.3 Å². The van der Waals surface area contributed by atoms with E-state index in [0.717, 1.165) is 6.20 Å². The number of rotatable bonds is 8. The molecule has 0 saturated carbocycles. The number of hydrogen-bond acceptors (Lipinski definition) is 8. The molecule has 170 valence electrons. The molecule has 0 atom stereocenters. The Morgan fingerprint density at radius 3 is 2.53 bits per heavy atom. The molecule has 3 aromatic rings. The number of hydrogen-bond donors (Lipinski definition) is 1. The van der Waals surface area contributed by atoms with E-state index in [1.54, 1.807) is 7.05 Å². The maximum absolute atomic E-state index is 13.6. The van der Waals surface area contributed by atoms with Crippen molar-refractivity contribution < 1.29 is 27.5 Å². The highest BCUT2D eigenvalue weighted by atomic mass is 32.2. The molecule has 14 heteroatoms. The third kappa shape index (κ3) is 5.43. The second-order valence-electron chi connectivity index (χ2n) is 6.32. The van der Waals surface area contributed by atoms with Gasteiger partial charge in [0.15, 0.2) is 5.69 Å². The van der Waals surface area contributed by atoms with Gasteiger partial charge in [-0.1, -0.05) is 11.8 Å². The van der Waals surface area contributed by atoms with Crippen molar-refractivity contribution in [3.05, 3.63) is 41.7 Å². The highest BCUT2D eigenvalue weighted by Gasteiger charge is 2.41. The van der Waals surface area contributed by atoms with Crippen LogP contribution >= 0.6 is 11.8 Å². The average Bonchev–Trinajstić information content (AvgIpc) is 3.35. The van der Waals surface area contributed by atoms with Crippen molar-refractivity contribution in [3.63, 3.8) is 0 Å². The van der Waals surface area contributed by atoms with Gasteiger partial charge in [-0.25, -0.2) is 14.2 Å². The fourth-order valence-electron chi connectivity index (χ4n) is 2.66. The minimum absolute atomic E-state index is 0.0658. The lowest BCUT2D eigenvalue weighted by molar-refractivity contribution is -0.143. The molecule has 0 aliphatic heterocycles. The third-order valence-electron chi connectivity index (χ3n) is 4.07. The molecule has 0 aliphatic rings. The molecule has 0 bridgehead atoms. The number of anilines is 1. The first kappa shape index (κ1) is 23.2. The molecule has 1 aromatic carbocycles. The topological polar surface area (TPSA) is 117 Å². The van der Waals surface area contributed by atoms with Crippen LogP contribution in [0.3, 0.4) is 0 Å². The summed E-state index contributed by atoms with van der Waals surface area (Å²) in [5, 5.41) is 17.9. The van der Waals surface area contributed by atoms with Crippen molar-refractivity contribution >= 4 is 29.3 Å². The van der Waals surface area contributed by atoms with Crippen LogP contribution < -0.4 is 5.32 Å². The number of carbonyl (C=O) groups is 2. The number of halogens is 3. The molecule has 0 aliphatic carbocycles. The number of thioether (sulfide) groups is 1. The van der Waals surface area contributed by atoms with E-state index in [9.17, 15) is 22.8 Å². The highest BCUT2D eigenvalue weighted by Crippen LogP contribution is 2.34. The van der Waals surface area contributed by atoms with Gasteiger partial charge >= 0.3 is 12.1 Å². The summed E-state index contributed by atoms with van der Waals surface area (Å²) in [6, 6.07) is 5.59. The maximum Gasteiger partial charge on any atom is 0.434 e. The number of benzene rings is 1. The Labute approximate surface area is 184 Å². The van der Waals surface area contributed by atoms with Gasteiger partial charge in [-0.2, -0.15) is 18.3 Å².